The van der Waals surface area contributed by atoms with Gasteiger partial charge in [0.15, 0.2) is 0 Å². The van der Waals surface area contributed by atoms with Gasteiger partial charge in [-0.15, -0.1) is 0 Å². The number of rotatable bonds is 9. The summed E-state index contributed by atoms with van der Waals surface area (Å²) in [5.74, 6) is 0.374. The number of anilines is 4. The van der Waals surface area contributed by atoms with Crippen molar-refractivity contribution < 1.29 is 0 Å². The van der Waals surface area contributed by atoms with Gasteiger partial charge < -0.3 is 10.6 Å². The molecule has 1 unspecified atom stereocenters. The van der Waals surface area contributed by atoms with Gasteiger partial charge in [-0.1, -0.05) is 182 Å². The summed E-state index contributed by atoms with van der Waals surface area (Å²) in [6.07, 6.45) is 7.97. The van der Waals surface area contributed by atoms with E-state index in [9.17, 15) is 0 Å². The van der Waals surface area contributed by atoms with Crippen molar-refractivity contribution in [3.05, 3.63) is 248 Å². The van der Waals surface area contributed by atoms with Gasteiger partial charge in [0.1, 0.15) is 0 Å². The van der Waals surface area contributed by atoms with Crippen LogP contribution >= 0.6 is 0 Å². The van der Waals surface area contributed by atoms with E-state index in [1.54, 1.807) is 0 Å². The van der Waals surface area contributed by atoms with E-state index in [1.807, 2.05) is 0 Å². The van der Waals surface area contributed by atoms with Crippen LogP contribution in [-0.4, -0.2) is 0 Å². The molecule has 0 aromatic heterocycles. The van der Waals surface area contributed by atoms with Crippen LogP contribution in [0.15, 0.2) is 237 Å². The molecule has 10 aromatic carbocycles. The zero-order valence-electron chi connectivity index (χ0n) is 34.3. The zero-order chi connectivity index (χ0) is 41.2. The first-order valence-corrected chi connectivity index (χ1v) is 21.5. The normalized spacial score (nSPS) is 13.6. The van der Waals surface area contributed by atoms with Gasteiger partial charge in [0.25, 0.3) is 0 Å². The number of allylic oxidation sites excluding steroid dienone is 4. The smallest absolute Gasteiger partial charge is 0.0464 e. The Balaban J connectivity index is 0.919. The fourth-order valence-corrected chi connectivity index (χ4v) is 9.23. The Kier molecular flexibility index (Phi) is 9.72. The first-order valence-electron chi connectivity index (χ1n) is 21.5. The van der Waals surface area contributed by atoms with Crippen molar-refractivity contribution in [3.8, 4) is 33.4 Å². The Morgan fingerprint density at radius 1 is 0.371 bits per heavy atom. The summed E-state index contributed by atoms with van der Waals surface area (Å²) in [5, 5.41) is 14.9. The van der Waals surface area contributed by atoms with E-state index in [0.29, 0.717) is 5.92 Å². The Bertz CT molecular complexity index is 3310. The second-order valence-corrected chi connectivity index (χ2v) is 16.2. The van der Waals surface area contributed by atoms with Gasteiger partial charge in [-0.2, -0.15) is 0 Å². The van der Waals surface area contributed by atoms with E-state index >= 15 is 0 Å². The Morgan fingerprint density at radius 3 is 1.79 bits per heavy atom. The van der Waals surface area contributed by atoms with Crippen LogP contribution in [0.25, 0.3) is 71.3 Å². The summed E-state index contributed by atoms with van der Waals surface area (Å²) >= 11 is 0. The van der Waals surface area contributed by atoms with Crippen LogP contribution in [0, 0.1) is 0 Å². The minimum Gasteiger partial charge on any atom is -0.355 e. The number of nitrogens with one attached hydrogen (secondary N) is 2. The lowest BCUT2D eigenvalue weighted by Gasteiger charge is -2.18. The minimum absolute atomic E-state index is 0.374. The Morgan fingerprint density at radius 2 is 1.00 bits per heavy atom. The molecule has 294 valence electrons. The SMILES string of the molecule is C1=CC(c2ccc(Nc3ccccc3-c3cccc(-c4ccc5c(c4)cc(-c4ccccc4Nc4ccccc4)c4c6ccccc6ccc54)c3)cc2)CC=C1c1ccccc1. The lowest BCUT2D eigenvalue weighted by molar-refractivity contribution is 0.857. The largest absolute Gasteiger partial charge is 0.355 e. The fourth-order valence-electron chi connectivity index (χ4n) is 9.23. The molecule has 0 saturated carbocycles. The van der Waals surface area contributed by atoms with Crippen LogP contribution in [0.2, 0.25) is 0 Å². The van der Waals surface area contributed by atoms with Gasteiger partial charge in [-0.3, -0.25) is 0 Å². The van der Waals surface area contributed by atoms with Gasteiger partial charge >= 0.3 is 0 Å². The summed E-state index contributed by atoms with van der Waals surface area (Å²) in [5.41, 5.74) is 15.3. The van der Waals surface area contributed by atoms with Gasteiger partial charge in [0.05, 0.1) is 0 Å². The van der Waals surface area contributed by atoms with Crippen molar-refractivity contribution in [1.82, 2.24) is 0 Å². The van der Waals surface area contributed by atoms with Crippen molar-refractivity contribution in [2.75, 3.05) is 10.6 Å². The minimum atomic E-state index is 0.374. The maximum Gasteiger partial charge on any atom is 0.0464 e. The molecular weight excluding hydrogens is 749 g/mol. The van der Waals surface area contributed by atoms with Gasteiger partial charge in [-0.05, 0) is 132 Å². The maximum atomic E-state index is 3.75. The molecule has 10 aromatic rings. The van der Waals surface area contributed by atoms with Crippen LogP contribution in [0.5, 0.6) is 0 Å². The van der Waals surface area contributed by atoms with E-state index < -0.39 is 0 Å². The van der Waals surface area contributed by atoms with Crippen LogP contribution < -0.4 is 10.6 Å². The summed E-state index contributed by atoms with van der Waals surface area (Å²) in [7, 11) is 0. The molecule has 1 aliphatic rings. The average Bonchev–Trinajstić information content (AvgIpc) is 3.35. The number of hydrogen-bond donors (Lipinski definition) is 2. The third kappa shape index (κ3) is 7.23. The van der Waals surface area contributed by atoms with E-state index in [-0.39, 0.29) is 0 Å². The number of fused-ring (bicyclic) bond motifs is 5. The molecule has 1 aliphatic carbocycles. The van der Waals surface area contributed by atoms with Crippen LogP contribution in [-0.2, 0) is 0 Å². The lowest BCUT2D eigenvalue weighted by atomic mass is 9.88. The van der Waals surface area contributed by atoms with E-state index in [2.05, 4.69) is 247 Å². The fraction of sp³-hybridized carbons (Fsp3) is 0.0333. The lowest BCUT2D eigenvalue weighted by Crippen LogP contribution is -1.99. The molecule has 1 atom stereocenters. The van der Waals surface area contributed by atoms with Crippen molar-refractivity contribution in [2.45, 2.75) is 12.3 Å². The van der Waals surface area contributed by atoms with Crippen LogP contribution in [0.1, 0.15) is 23.5 Å². The topological polar surface area (TPSA) is 24.1 Å². The monoisotopic (exact) mass is 792 g/mol. The third-order valence-corrected chi connectivity index (χ3v) is 12.4. The molecule has 2 nitrogen and oxygen atoms in total. The highest BCUT2D eigenvalue weighted by molar-refractivity contribution is 6.24. The van der Waals surface area contributed by atoms with Crippen molar-refractivity contribution >= 4 is 60.6 Å². The zero-order valence-corrected chi connectivity index (χ0v) is 34.3. The van der Waals surface area contributed by atoms with Crippen molar-refractivity contribution in [2.24, 2.45) is 0 Å². The van der Waals surface area contributed by atoms with Crippen molar-refractivity contribution in [3.63, 3.8) is 0 Å². The first-order chi connectivity index (χ1) is 30.7. The molecule has 2 N–H and O–H groups in total. The van der Waals surface area contributed by atoms with Crippen molar-refractivity contribution in [1.29, 1.82) is 0 Å². The van der Waals surface area contributed by atoms with E-state index in [0.717, 1.165) is 34.7 Å². The molecule has 0 radical (unpaired) electrons. The summed E-state index contributed by atoms with van der Waals surface area (Å²) < 4.78 is 0. The molecule has 62 heavy (non-hydrogen) atoms. The standard InChI is InChI=1S/C60H44N2/c1-3-14-41(15-4-1)42-26-28-43(29-27-42)44-30-34-51(35-31-44)62-58-24-11-9-21-53(58)48-18-13-17-46(38-48)47-33-36-52-49(39-47)40-57(60-54-22-8-7-16-45(54)32-37-56(52)60)55-23-10-12-25-59(55)61-50-19-5-2-6-20-50/h1-28,30-40,43,61-62H,29H2. The van der Waals surface area contributed by atoms with Gasteiger partial charge in [0, 0.05) is 39.8 Å². The molecule has 0 saturated heterocycles. The third-order valence-electron chi connectivity index (χ3n) is 12.4. The molecule has 0 amide bonds. The van der Waals surface area contributed by atoms with E-state index in [4.69, 9.17) is 0 Å². The average molecular weight is 793 g/mol. The molecule has 0 heterocycles. The predicted octanol–water partition coefficient (Wildman–Crippen LogP) is 16.8. The highest BCUT2D eigenvalue weighted by atomic mass is 14.9. The van der Waals surface area contributed by atoms with E-state index in [1.165, 1.54) is 76.8 Å². The molecule has 11 rings (SSSR count). The molecule has 0 aliphatic heterocycles. The highest BCUT2D eigenvalue weighted by Gasteiger charge is 2.17. The van der Waals surface area contributed by atoms with Crippen LogP contribution in [0.4, 0.5) is 22.7 Å². The Labute approximate surface area is 363 Å². The number of hydrogen-bond acceptors (Lipinski definition) is 2. The van der Waals surface area contributed by atoms with Gasteiger partial charge in [0.2, 0.25) is 0 Å². The second-order valence-electron chi connectivity index (χ2n) is 16.2. The Hall–Kier alpha value is -7.94. The maximum absolute atomic E-state index is 3.75. The first kappa shape index (κ1) is 37.1. The second kappa shape index (κ2) is 16.3. The van der Waals surface area contributed by atoms with Gasteiger partial charge in [-0.25, -0.2) is 0 Å². The molecule has 2 heteroatoms. The molecule has 0 fully saturated rings. The molecule has 0 spiro atoms. The quantitative estimate of drug-likeness (QED) is 0.142. The summed E-state index contributed by atoms with van der Waals surface area (Å²) in [4.78, 5) is 0. The summed E-state index contributed by atoms with van der Waals surface area (Å²) in [6.45, 7) is 0. The molecule has 0 bridgehead atoms. The van der Waals surface area contributed by atoms with Crippen LogP contribution in [0.3, 0.4) is 0 Å². The number of para-hydroxylation sites is 3. The highest BCUT2D eigenvalue weighted by Crippen LogP contribution is 2.43. The number of benzene rings is 10. The molecular formula is C60H44N2. The summed E-state index contributed by atoms with van der Waals surface area (Å²) in [6, 6.07) is 78.9. The predicted molar refractivity (Wildman–Crippen MR) is 266 cm³/mol.